The molecule has 1 rings (SSSR count). The Morgan fingerprint density at radius 2 is 1.93 bits per heavy atom. The molecule has 0 aliphatic rings. The van der Waals surface area contributed by atoms with E-state index >= 15 is 0 Å². The molecule has 0 aliphatic heterocycles. The molecule has 78 valence electrons. The number of ether oxygens (including phenoxy) is 1. The zero-order valence-electron chi connectivity index (χ0n) is 7.63. The lowest BCUT2D eigenvalue weighted by molar-refractivity contribution is 0.262. The van der Waals surface area contributed by atoms with E-state index in [9.17, 15) is 8.78 Å². The summed E-state index contributed by atoms with van der Waals surface area (Å²) >= 11 is 0. The van der Waals surface area contributed by atoms with Gasteiger partial charge in [-0.2, -0.15) is 0 Å². The SMILES string of the molecule is COc1cc(F)c(C(N)CO)c(F)c1. The van der Waals surface area contributed by atoms with Crippen molar-refractivity contribution in [1.82, 2.24) is 0 Å². The monoisotopic (exact) mass is 203 g/mol. The molecule has 0 saturated carbocycles. The summed E-state index contributed by atoms with van der Waals surface area (Å²) in [6.07, 6.45) is 0. The summed E-state index contributed by atoms with van der Waals surface area (Å²) in [4.78, 5) is 0. The topological polar surface area (TPSA) is 55.5 Å². The minimum atomic E-state index is -1.05. The van der Waals surface area contributed by atoms with Gasteiger partial charge in [-0.25, -0.2) is 8.78 Å². The third kappa shape index (κ3) is 2.00. The van der Waals surface area contributed by atoms with Crippen molar-refractivity contribution in [3.63, 3.8) is 0 Å². The van der Waals surface area contributed by atoms with Crippen LogP contribution in [0.25, 0.3) is 0 Å². The molecule has 1 atom stereocenters. The summed E-state index contributed by atoms with van der Waals surface area (Å²) in [6.45, 7) is -0.514. The predicted octanol–water partition coefficient (Wildman–Crippen LogP) is 0.966. The highest BCUT2D eigenvalue weighted by atomic mass is 19.1. The third-order valence-corrected chi connectivity index (χ3v) is 1.86. The van der Waals surface area contributed by atoms with Crippen LogP contribution in [-0.4, -0.2) is 18.8 Å². The number of hydrogen-bond acceptors (Lipinski definition) is 3. The van der Waals surface area contributed by atoms with Crippen molar-refractivity contribution in [3.05, 3.63) is 29.3 Å². The largest absolute Gasteiger partial charge is 0.497 e. The third-order valence-electron chi connectivity index (χ3n) is 1.86. The molecule has 14 heavy (non-hydrogen) atoms. The number of aliphatic hydroxyl groups excluding tert-OH is 1. The fourth-order valence-corrected chi connectivity index (χ4v) is 1.12. The zero-order chi connectivity index (χ0) is 10.7. The Kier molecular flexibility index (Phi) is 3.38. The van der Waals surface area contributed by atoms with Crippen LogP contribution in [0.15, 0.2) is 12.1 Å². The minimum Gasteiger partial charge on any atom is -0.497 e. The van der Waals surface area contributed by atoms with Gasteiger partial charge in [0.1, 0.15) is 17.4 Å². The van der Waals surface area contributed by atoms with Gasteiger partial charge in [0.25, 0.3) is 0 Å². The maximum Gasteiger partial charge on any atom is 0.134 e. The molecule has 0 aromatic heterocycles. The lowest BCUT2D eigenvalue weighted by Crippen LogP contribution is -2.18. The first-order valence-electron chi connectivity index (χ1n) is 3.99. The van der Waals surface area contributed by atoms with Gasteiger partial charge in [0.05, 0.1) is 19.8 Å². The fraction of sp³-hybridized carbons (Fsp3) is 0.333. The normalized spacial score (nSPS) is 12.6. The van der Waals surface area contributed by atoms with Gasteiger partial charge in [0.2, 0.25) is 0 Å². The Balaban J connectivity index is 3.18. The number of hydrogen-bond donors (Lipinski definition) is 2. The van der Waals surface area contributed by atoms with Crippen LogP contribution in [0, 0.1) is 11.6 Å². The average Bonchev–Trinajstić information content (AvgIpc) is 2.16. The molecule has 0 fully saturated rings. The van der Waals surface area contributed by atoms with Gasteiger partial charge in [-0.1, -0.05) is 0 Å². The molecule has 0 radical (unpaired) electrons. The molecular formula is C9H11F2NO2. The van der Waals surface area contributed by atoms with Gasteiger partial charge in [-0.05, 0) is 0 Å². The molecule has 5 heteroatoms. The van der Waals surface area contributed by atoms with Crippen molar-refractivity contribution < 1.29 is 18.6 Å². The number of rotatable bonds is 3. The van der Waals surface area contributed by atoms with Crippen LogP contribution in [0.4, 0.5) is 8.78 Å². The van der Waals surface area contributed by atoms with Crippen molar-refractivity contribution in [2.24, 2.45) is 5.73 Å². The Morgan fingerprint density at radius 1 is 1.43 bits per heavy atom. The number of halogens is 2. The molecule has 1 aromatic carbocycles. The molecule has 0 saturated heterocycles. The quantitative estimate of drug-likeness (QED) is 0.769. The van der Waals surface area contributed by atoms with E-state index in [2.05, 4.69) is 4.74 Å². The maximum absolute atomic E-state index is 13.2. The average molecular weight is 203 g/mol. The molecule has 0 spiro atoms. The van der Waals surface area contributed by atoms with Crippen LogP contribution in [0.1, 0.15) is 11.6 Å². The first kappa shape index (κ1) is 10.9. The van der Waals surface area contributed by atoms with Crippen molar-refractivity contribution >= 4 is 0 Å². The van der Waals surface area contributed by atoms with Crippen molar-refractivity contribution in [2.75, 3.05) is 13.7 Å². The zero-order valence-corrected chi connectivity index (χ0v) is 7.63. The van der Waals surface area contributed by atoms with Gasteiger partial charge in [0.15, 0.2) is 0 Å². The standard InChI is InChI=1S/C9H11F2NO2/c1-14-5-2-6(10)9(7(11)3-5)8(12)4-13/h2-3,8,13H,4,12H2,1H3. The predicted molar refractivity (Wildman–Crippen MR) is 46.9 cm³/mol. The smallest absolute Gasteiger partial charge is 0.134 e. The second-order valence-corrected chi connectivity index (χ2v) is 2.79. The van der Waals surface area contributed by atoms with Gasteiger partial charge in [-0.3, -0.25) is 0 Å². The summed E-state index contributed by atoms with van der Waals surface area (Å²) in [5.74, 6) is -1.55. The van der Waals surface area contributed by atoms with E-state index in [4.69, 9.17) is 10.8 Å². The number of nitrogens with two attached hydrogens (primary N) is 1. The highest BCUT2D eigenvalue weighted by molar-refractivity contribution is 5.32. The molecule has 0 aliphatic carbocycles. The lowest BCUT2D eigenvalue weighted by Gasteiger charge is -2.12. The molecule has 0 heterocycles. The summed E-state index contributed by atoms with van der Waals surface area (Å²) in [5.41, 5.74) is 4.99. The summed E-state index contributed by atoms with van der Waals surface area (Å²) in [5, 5.41) is 8.67. The molecule has 3 N–H and O–H groups in total. The van der Waals surface area contributed by atoms with Crippen molar-refractivity contribution in [3.8, 4) is 5.75 Å². The molecule has 0 bridgehead atoms. The second kappa shape index (κ2) is 4.34. The van der Waals surface area contributed by atoms with Gasteiger partial charge in [-0.15, -0.1) is 0 Å². The number of aliphatic hydroxyl groups is 1. The summed E-state index contributed by atoms with van der Waals surface area (Å²) < 4.78 is 31.1. The first-order valence-corrected chi connectivity index (χ1v) is 3.99. The van der Waals surface area contributed by atoms with Crippen molar-refractivity contribution in [1.29, 1.82) is 0 Å². The first-order chi connectivity index (χ1) is 6.60. The minimum absolute atomic E-state index is 0.0777. The van der Waals surface area contributed by atoms with E-state index in [-0.39, 0.29) is 11.3 Å². The van der Waals surface area contributed by atoms with Crippen LogP contribution in [0.2, 0.25) is 0 Å². The summed E-state index contributed by atoms with van der Waals surface area (Å²) in [7, 11) is 1.31. The Bertz CT molecular complexity index is 308. The fourth-order valence-electron chi connectivity index (χ4n) is 1.12. The number of benzene rings is 1. The van der Waals surface area contributed by atoms with Crippen LogP contribution >= 0.6 is 0 Å². The molecule has 0 amide bonds. The Morgan fingerprint density at radius 3 is 2.29 bits per heavy atom. The van der Waals surface area contributed by atoms with E-state index in [0.29, 0.717) is 0 Å². The molecular weight excluding hydrogens is 192 g/mol. The Labute approximate surface area is 80.1 Å². The van der Waals surface area contributed by atoms with Crippen LogP contribution in [0.5, 0.6) is 5.75 Å². The Hall–Kier alpha value is -1.20. The van der Waals surface area contributed by atoms with Gasteiger partial charge in [0, 0.05) is 17.7 Å². The van der Waals surface area contributed by atoms with E-state index in [1.54, 1.807) is 0 Å². The van der Waals surface area contributed by atoms with Crippen LogP contribution in [-0.2, 0) is 0 Å². The molecule has 1 unspecified atom stereocenters. The van der Waals surface area contributed by atoms with Crippen LogP contribution in [0.3, 0.4) is 0 Å². The second-order valence-electron chi connectivity index (χ2n) is 2.79. The highest BCUT2D eigenvalue weighted by Crippen LogP contribution is 2.24. The summed E-state index contributed by atoms with van der Waals surface area (Å²) in [6, 6.07) is 0.989. The molecule has 3 nitrogen and oxygen atoms in total. The van der Waals surface area contributed by atoms with E-state index in [1.165, 1.54) is 7.11 Å². The lowest BCUT2D eigenvalue weighted by atomic mass is 10.1. The van der Waals surface area contributed by atoms with E-state index in [0.717, 1.165) is 12.1 Å². The van der Waals surface area contributed by atoms with E-state index in [1.807, 2.05) is 0 Å². The van der Waals surface area contributed by atoms with Gasteiger partial charge < -0.3 is 15.6 Å². The van der Waals surface area contributed by atoms with E-state index < -0.39 is 24.3 Å². The van der Waals surface area contributed by atoms with Gasteiger partial charge >= 0.3 is 0 Å². The maximum atomic E-state index is 13.2. The van der Waals surface area contributed by atoms with Crippen molar-refractivity contribution in [2.45, 2.75) is 6.04 Å². The highest BCUT2D eigenvalue weighted by Gasteiger charge is 2.17. The number of methoxy groups -OCH3 is 1. The molecule has 1 aromatic rings. The van der Waals surface area contributed by atoms with Crippen LogP contribution < -0.4 is 10.5 Å².